The quantitative estimate of drug-likeness (QED) is 0.529. The van der Waals surface area contributed by atoms with Crippen molar-refractivity contribution in [2.75, 3.05) is 39.3 Å². The Kier molecular flexibility index (Phi) is 8.54. The number of aromatic nitrogens is 3. The number of benzene rings is 1. The number of nitrogens with one attached hydrogen (secondary N) is 1. The number of piperazine rings is 1. The molecule has 196 valence electrons. The number of imidazole rings is 1. The Morgan fingerprint density at radius 2 is 1.86 bits per heavy atom. The molecular formula is C29H37ClN6O. The summed E-state index contributed by atoms with van der Waals surface area (Å²) < 4.78 is 2.17. The fourth-order valence-corrected chi connectivity index (χ4v) is 6.23. The molecular weight excluding hydrogens is 484 g/mol. The van der Waals surface area contributed by atoms with Crippen LogP contribution in [0, 0.1) is 12.8 Å². The first-order valence-electron chi connectivity index (χ1n) is 13.5. The van der Waals surface area contributed by atoms with Crippen molar-refractivity contribution in [1.29, 1.82) is 0 Å². The third kappa shape index (κ3) is 6.06. The van der Waals surface area contributed by atoms with Crippen LogP contribution < -0.4 is 5.32 Å². The van der Waals surface area contributed by atoms with Crippen molar-refractivity contribution >= 4 is 18.0 Å². The van der Waals surface area contributed by atoms with Crippen LogP contribution in [-0.4, -0.2) is 70.0 Å². The molecule has 1 aromatic carbocycles. The first kappa shape index (κ1) is 25.9. The van der Waals surface area contributed by atoms with Crippen LogP contribution in [0.2, 0.25) is 5.02 Å². The van der Waals surface area contributed by atoms with Gasteiger partial charge in [0.05, 0.1) is 11.7 Å². The molecule has 3 aromatic rings. The first-order valence-corrected chi connectivity index (χ1v) is 13.8. The monoisotopic (exact) mass is 520 g/mol. The van der Waals surface area contributed by atoms with E-state index in [1.54, 1.807) is 0 Å². The first-order chi connectivity index (χ1) is 18.1. The van der Waals surface area contributed by atoms with E-state index in [4.69, 9.17) is 16.6 Å². The molecule has 6 rings (SSSR count). The summed E-state index contributed by atoms with van der Waals surface area (Å²) in [5.41, 5.74) is 5.19. The maximum atomic E-state index is 10.7. The minimum atomic E-state index is 0.185. The highest BCUT2D eigenvalue weighted by Crippen LogP contribution is 2.39. The third-order valence-electron chi connectivity index (χ3n) is 7.86. The summed E-state index contributed by atoms with van der Waals surface area (Å²) in [6.45, 7) is 8.92. The van der Waals surface area contributed by atoms with E-state index in [0.717, 1.165) is 82.3 Å². The number of carbonyl (C=O) groups is 1. The SMILES string of the molecule is Cc1nccn1CC1CCCN(C=O)C1.Clc1cccc2c1C(N1CCNCC1)c1ncccc1CC2. The number of hydrogen-bond donors (Lipinski definition) is 1. The zero-order valence-electron chi connectivity index (χ0n) is 21.7. The number of amides is 1. The van der Waals surface area contributed by atoms with E-state index >= 15 is 0 Å². The van der Waals surface area contributed by atoms with E-state index in [2.05, 4.69) is 38.0 Å². The van der Waals surface area contributed by atoms with E-state index < -0.39 is 0 Å². The average Bonchev–Trinajstić information content (AvgIpc) is 3.25. The highest BCUT2D eigenvalue weighted by molar-refractivity contribution is 6.31. The highest BCUT2D eigenvalue weighted by atomic mass is 35.5. The molecule has 1 aliphatic carbocycles. The number of nitrogens with zero attached hydrogens (tertiary/aromatic N) is 5. The lowest BCUT2D eigenvalue weighted by Gasteiger charge is -2.36. The van der Waals surface area contributed by atoms with Crippen LogP contribution in [0.25, 0.3) is 0 Å². The van der Waals surface area contributed by atoms with Gasteiger partial charge in [-0.05, 0) is 67.3 Å². The predicted octanol–water partition coefficient (Wildman–Crippen LogP) is 3.89. The van der Waals surface area contributed by atoms with Gasteiger partial charge in [-0.3, -0.25) is 14.7 Å². The van der Waals surface area contributed by atoms with Gasteiger partial charge in [-0.15, -0.1) is 0 Å². The summed E-state index contributed by atoms with van der Waals surface area (Å²) in [7, 11) is 0. The second-order valence-corrected chi connectivity index (χ2v) is 10.7. The van der Waals surface area contributed by atoms with Crippen LogP contribution in [0.1, 0.15) is 47.1 Å². The van der Waals surface area contributed by atoms with Crippen LogP contribution in [0.4, 0.5) is 0 Å². The lowest BCUT2D eigenvalue weighted by molar-refractivity contribution is -0.119. The Bertz CT molecular complexity index is 1190. The molecule has 2 fully saturated rings. The molecule has 2 aliphatic heterocycles. The minimum Gasteiger partial charge on any atom is -0.345 e. The predicted molar refractivity (Wildman–Crippen MR) is 147 cm³/mol. The van der Waals surface area contributed by atoms with Gasteiger partial charge in [0, 0.05) is 69.4 Å². The van der Waals surface area contributed by atoms with Crippen molar-refractivity contribution in [2.24, 2.45) is 5.92 Å². The molecule has 2 aromatic heterocycles. The fraction of sp³-hybridized carbons (Fsp3) is 0.483. The van der Waals surface area contributed by atoms with Crippen molar-refractivity contribution < 1.29 is 4.79 Å². The molecule has 0 bridgehead atoms. The number of likely N-dealkylation sites (tertiary alicyclic amines) is 1. The average molecular weight is 521 g/mol. The van der Waals surface area contributed by atoms with Crippen LogP contribution >= 0.6 is 11.6 Å². The van der Waals surface area contributed by atoms with Gasteiger partial charge in [0.25, 0.3) is 0 Å². The van der Waals surface area contributed by atoms with Crippen LogP contribution in [-0.2, 0) is 24.2 Å². The van der Waals surface area contributed by atoms with Crippen molar-refractivity contribution in [3.05, 3.63) is 82.2 Å². The van der Waals surface area contributed by atoms with Gasteiger partial charge >= 0.3 is 0 Å². The molecule has 2 saturated heterocycles. The molecule has 37 heavy (non-hydrogen) atoms. The molecule has 0 saturated carbocycles. The molecule has 0 radical (unpaired) electrons. The lowest BCUT2D eigenvalue weighted by atomic mass is 9.96. The summed E-state index contributed by atoms with van der Waals surface area (Å²) in [6, 6.07) is 10.8. The molecule has 2 unspecified atom stereocenters. The van der Waals surface area contributed by atoms with E-state index in [0.29, 0.717) is 5.92 Å². The van der Waals surface area contributed by atoms with Crippen LogP contribution in [0.15, 0.2) is 48.9 Å². The molecule has 2 atom stereocenters. The largest absolute Gasteiger partial charge is 0.345 e. The Morgan fingerprint density at radius 3 is 2.65 bits per heavy atom. The summed E-state index contributed by atoms with van der Waals surface area (Å²) in [5.74, 6) is 1.63. The zero-order chi connectivity index (χ0) is 25.6. The van der Waals surface area contributed by atoms with E-state index in [1.807, 2.05) is 42.5 Å². The smallest absolute Gasteiger partial charge is 0.209 e. The molecule has 1 N–H and O–H groups in total. The van der Waals surface area contributed by atoms with E-state index in [9.17, 15) is 4.79 Å². The maximum absolute atomic E-state index is 10.7. The van der Waals surface area contributed by atoms with Crippen molar-refractivity contribution in [2.45, 2.75) is 45.2 Å². The normalized spacial score (nSPS) is 21.7. The Balaban J connectivity index is 0.000000164. The minimum absolute atomic E-state index is 0.185. The van der Waals surface area contributed by atoms with Gasteiger partial charge in [-0.25, -0.2) is 4.98 Å². The number of carbonyl (C=O) groups excluding carboxylic acids is 1. The molecule has 7 nitrogen and oxygen atoms in total. The number of hydrogen-bond acceptors (Lipinski definition) is 5. The summed E-state index contributed by atoms with van der Waals surface area (Å²) >= 11 is 6.63. The standard InChI is InChI=1S/C18H20ClN3.C11H17N3O/c19-15-5-1-3-13-6-7-14-4-2-8-21-17(14)18(16(13)15)22-11-9-20-10-12-22;1-10-12-4-6-14(10)8-11-3-2-5-13(7-11)9-15/h1-5,8,18,20H,6-7,9-12H2;4,6,9,11H,2-3,5,7-8H2,1H3. The number of halogens is 1. The number of fused-ring (bicyclic) bond motifs is 2. The van der Waals surface area contributed by atoms with Gasteiger partial charge in [0.15, 0.2) is 0 Å². The Morgan fingerprint density at radius 1 is 1.05 bits per heavy atom. The maximum Gasteiger partial charge on any atom is 0.209 e. The summed E-state index contributed by atoms with van der Waals surface area (Å²) in [4.78, 5) is 24.0. The van der Waals surface area contributed by atoms with Crippen molar-refractivity contribution in [3.8, 4) is 0 Å². The second-order valence-electron chi connectivity index (χ2n) is 10.3. The van der Waals surface area contributed by atoms with Gasteiger partial charge in [0.1, 0.15) is 5.82 Å². The van der Waals surface area contributed by atoms with Gasteiger partial charge in [0.2, 0.25) is 6.41 Å². The topological polar surface area (TPSA) is 66.3 Å². The van der Waals surface area contributed by atoms with Crippen molar-refractivity contribution in [3.63, 3.8) is 0 Å². The fourth-order valence-electron chi connectivity index (χ4n) is 5.93. The number of rotatable bonds is 4. The van der Waals surface area contributed by atoms with Crippen molar-refractivity contribution in [1.82, 2.24) is 29.7 Å². The van der Waals surface area contributed by atoms with E-state index in [1.165, 1.54) is 28.8 Å². The summed E-state index contributed by atoms with van der Waals surface area (Å²) in [6.07, 6.45) is 11.1. The molecule has 8 heteroatoms. The zero-order valence-corrected chi connectivity index (χ0v) is 22.4. The van der Waals surface area contributed by atoms with Crippen LogP contribution in [0.5, 0.6) is 0 Å². The van der Waals surface area contributed by atoms with Gasteiger partial charge in [-0.2, -0.15) is 0 Å². The highest BCUT2D eigenvalue weighted by Gasteiger charge is 2.32. The number of pyridine rings is 1. The van der Waals surface area contributed by atoms with Crippen LogP contribution in [0.3, 0.4) is 0 Å². The number of aryl methyl sites for hydroxylation is 3. The molecule has 4 heterocycles. The molecule has 0 spiro atoms. The Hall–Kier alpha value is -2.74. The van der Waals surface area contributed by atoms with E-state index in [-0.39, 0.29) is 6.04 Å². The van der Waals surface area contributed by atoms with Gasteiger partial charge < -0.3 is 14.8 Å². The van der Waals surface area contributed by atoms with Gasteiger partial charge in [-0.1, -0.05) is 29.8 Å². The second kappa shape index (κ2) is 12.2. The Labute approximate surface area is 224 Å². The number of piperidine rings is 1. The third-order valence-corrected chi connectivity index (χ3v) is 8.19. The lowest BCUT2D eigenvalue weighted by Crippen LogP contribution is -2.45. The summed E-state index contributed by atoms with van der Waals surface area (Å²) in [5, 5.41) is 4.31. The molecule has 1 amide bonds. The molecule has 3 aliphatic rings.